The number of pyridine rings is 1. The highest BCUT2D eigenvalue weighted by Crippen LogP contribution is 2.41. The number of ether oxygens (including phenoxy) is 1. The lowest BCUT2D eigenvalue weighted by molar-refractivity contribution is -0.140. The van der Waals surface area contributed by atoms with Crippen LogP contribution < -0.4 is 4.74 Å². The van der Waals surface area contributed by atoms with Gasteiger partial charge in [-0.3, -0.25) is 14.6 Å². The van der Waals surface area contributed by atoms with Crippen molar-refractivity contribution in [3.63, 3.8) is 0 Å². The van der Waals surface area contributed by atoms with Crippen LogP contribution in [0.25, 0.3) is 5.76 Å². The predicted molar refractivity (Wildman–Crippen MR) is 122 cm³/mol. The number of aromatic nitrogens is 1. The third-order valence-corrected chi connectivity index (χ3v) is 6.03. The van der Waals surface area contributed by atoms with Crippen LogP contribution in [0.5, 0.6) is 5.75 Å². The van der Waals surface area contributed by atoms with E-state index in [0.29, 0.717) is 16.3 Å². The first kappa shape index (κ1) is 21.9. The van der Waals surface area contributed by atoms with Gasteiger partial charge >= 0.3 is 0 Å². The maximum atomic E-state index is 13.1. The Morgan fingerprint density at radius 2 is 1.78 bits per heavy atom. The Balaban J connectivity index is 1.87. The molecular weight excluding hydrogens is 451 g/mol. The van der Waals surface area contributed by atoms with Gasteiger partial charge in [-0.25, -0.2) is 0 Å². The van der Waals surface area contributed by atoms with Crippen LogP contribution in [0.3, 0.4) is 0 Å². The number of aliphatic hydroxyl groups excluding tert-OH is 1. The van der Waals surface area contributed by atoms with Gasteiger partial charge in [0.2, 0.25) is 0 Å². The smallest absolute Gasteiger partial charge is 0.295 e. The first-order valence-electron chi connectivity index (χ1n) is 9.68. The van der Waals surface area contributed by atoms with Crippen LogP contribution in [-0.2, 0) is 16.1 Å². The summed E-state index contributed by atoms with van der Waals surface area (Å²) in [6.45, 7) is 0.111. The Hall–Kier alpha value is -3.35. The molecule has 8 heteroatoms. The van der Waals surface area contributed by atoms with E-state index < -0.39 is 17.7 Å². The van der Waals surface area contributed by atoms with Crippen molar-refractivity contribution >= 4 is 40.7 Å². The number of para-hydroxylation sites is 1. The topological polar surface area (TPSA) is 79.7 Å². The summed E-state index contributed by atoms with van der Waals surface area (Å²) in [5, 5.41) is 11.6. The minimum Gasteiger partial charge on any atom is -0.507 e. The molecule has 1 aromatic heterocycles. The number of nitrogens with zero attached hydrogens (tertiary/aromatic N) is 2. The highest BCUT2D eigenvalue weighted by molar-refractivity contribution is 6.46. The molecule has 2 heterocycles. The molecular formula is C24H18Cl2N2O4. The summed E-state index contributed by atoms with van der Waals surface area (Å²) >= 11 is 12.1. The van der Waals surface area contributed by atoms with Crippen LogP contribution in [0.15, 0.2) is 72.6 Å². The predicted octanol–water partition coefficient (Wildman–Crippen LogP) is 5.02. The molecule has 162 valence electrons. The van der Waals surface area contributed by atoms with Crippen LogP contribution in [0.4, 0.5) is 0 Å². The van der Waals surface area contributed by atoms with Crippen LogP contribution >= 0.6 is 23.2 Å². The minimum absolute atomic E-state index is 0.0329. The summed E-state index contributed by atoms with van der Waals surface area (Å²) in [4.78, 5) is 31.6. The summed E-state index contributed by atoms with van der Waals surface area (Å²) in [5.74, 6) is -1.25. The Bertz CT molecular complexity index is 1230. The SMILES string of the molecule is COc1ccccc1CN1C(=O)C(=O)/C(=C(\O)c2ccc(Cl)c(Cl)c2)C1c1ccncc1. The molecule has 1 atom stereocenters. The fourth-order valence-electron chi connectivity index (χ4n) is 3.75. The van der Waals surface area contributed by atoms with Gasteiger partial charge in [0.1, 0.15) is 11.5 Å². The number of amides is 1. The molecule has 3 aromatic rings. The van der Waals surface area contributed by atoms with Gasteiger partial charge in [0.25, 0.3) is 11.7 Å². The van der Waals surface area contributed by atoms with E-state index in [4.69, 9.17) is 27.9 Å². The number of aliphatic hydroxyl groups is 1. The van der Waals surface area contributed by atoms with Crippen molar-refractivity contribution in [2.24, 2.45) is 0 Å². The van der Waals surface area contributed by atoms with Crippen LogP contribution in [0.2, 0.25) is 10.0 Å². The van der Waals surface area contributed by atoms with E-state index in [2.05, 4.69) is 4.98 Å². The second-order valence-electron chi connectivity index (χ2n) is 7.15. The average Bonchev–Trinajstić information content (AvgIpc) is 3.06. The molecule has 0 aliphatic carbocycles. The number of likely N-dealkylation sites (tertiary alicyclic amines) is 1. The number of ketones is 1. The summed E-state index contributed by atoms with van der Waals surface area (Å²) < 4.78 is 5.41. The van der Waals surface area contributed by atoms with Gasteiger partial charge in [-0.15, -0.1) is 0 Å². The number of rotatable bonds is 5. The van der Waals surface area contributed by atoms with Crippen molar-refractivity contribution in [2.45, 2.75) is 12.6 Å². The van der Waals surface area contributed by atoms with E-state index in [0.717, 1.165) is 5.56 Å². The first-order chi connectivity index (χ1) is 15.4. The number of carbonyl (C=O) groups excluding carboxylic acids is 2. The molecule has 1 aliphatic heterocycles. The lowest BCUT2D eigenvalue weighted by Gasteiger charge is -2.26. The number of methoxy groups -OCH3 is 1. The third kappa shape index (κ3) is 3.95. The van der Waals surface area contributed by atoms with Crippen molar-refractivity contribution in [1.29, 1.82) is 0 Å². The van der Waals surface area contributed by atoms with Crippen LogP contribution in [-0.4, -0.2) is 33.8 Å². The average molecular weight is 469 g/mol. The molecule has 6 nitrogen and oxygen atoms in total. The Kier molecular flexibility index (Phi) is 6.17. The highest BCUT2D eigenvalue weighted by atomic mass is 35.5. The Morgan fingerprint density at radius 3 is 2.47 bits per heavy atom. The van der Waals surface area contributed by atoms with Gasteiger partial charge in [-0.05, 0) is 42.0 Å². The molecule has 4 rings (SSSR count). The normalized spacial score (nSPS) is 17.6. The number of benzene rings is 2. The molecule has 1 unspecified atom stereocenters. The monoisotopic (exact) mass is 468 g/mol. The zero-order valence-corrected chi connectivity index (χ0v) is 18.5. The van der Waals surface area contributed by atoms with Crippen molar-refractivity contribution in [3.8, 4) is 5.75 Å². The first-order valence-corrected chi connectivity index (χ1v) is 10.4. The fourth-order valence-corrected chi connectivity index (χ4v) is 4.05. The van der Waals surface area contributed by atoms with E-state index >= 15 is 0 Å². The quantitative estimate of drug-likeness (QED) is 0.323. The number of hydrogen-bond donors (Lipinski definition) is 1. The van der Waals surface area contributed by atoms with E-state index in [-0.39, 0.29) is 28.5 Å². The molecule has 32 heavy (non-hydrogen) atoms. The van der Waals surface area contributed by atoms with Crippen molar-refractivity contribution < 1.29 is 19.4 Å². The molecule has 0 radical (unpaired) electrons. The van der Waals surface area contributed by atoms with Crippen molar-refractivity contribution in [3.05, 3.63) is 99.3 Å². The van der Waals surface area contributed by atoms with E-state index in [1.165, 1.54) is 24.1 Å². The van der Waals surface area contributed by atoms with Gasteiger partial charge in [0, 0.05) is 23.5 Å². The fraction of sp³-hybridized carbons (Fsp3) is 0.125. The number of Topliss-reactive ketones (excluding diaryl/α,β-unsaturated/α-hetero) is 1. The molecule has 1 saturated heterocycles. The van der Waals surface area contributed by atoms with Crippen LogP contribution in [0, 0.1) is 0 Å². The summed E-state index contributed by atoms with van der Waals surface area (Å²) in [6, 6.07) is 14.3. The van der Waals surface area contributed by atoms with Crippen molar-refractivity contribution in [2.75, 3.05) is 7.11 Å². The molecule has 0 spiro atoms. The second-order valence-corrected chi connectivity index (χ2v) is 7.96. The molecule has 1 amide bonds. The molecule has 2 aromatic carbocycles. The zero-order valence-electron chi connectivity index (χ0n) is 17.0. The number of hydrogen-bond acceptors (Lipinski definition) is 5. The highest BCUT2D eigenvalue weighted by Gasteiger charge is 2.46. The Labute approximate surface area is 194 Å². The molecule has 1 aliphatic rings. The molecule has 1 fully saturated rings. The van der Waals surface area contributed by atoms with E-state index in [1.807, 2.05) is 18.2 Å². The summed E-state index contributed by atoms with van der Waals surface area (Å²) in [7, 11) is 1.54. The number of halogens is 2. The molecule has 0 bridgehead atoms. The van der Waals surface area contributed by atoms with Gasteiger partial charge in [0.15, 0.2) is 0 Å². The summed E-state index contributed by atoms with van der Waals surface area (Å²) in [6.07, 6.45) is 3.13. The minimum atomic E-state index is -0.822. The zero-order chi connectivity index (χ0) is 22.8. The van der Waals surface area contributed by atoms with Gasteiger partial charge < -0.3 is 14.7 Å². The van der Waals surface area contributed by atoms with Gasteiger partial charge in [-0.2, -0.15) is 0 Å². The molecule has 0 saturated carbocycles. The van der Waals surface area contributed by atoms with E-state index in [9.17, 15) is 14.7 Å². The lowest BCUT2D eigenvalue weighted by Crippen LogP contribution is -2.29. The summed E-state index contributed by atoms with van der Waals surface area (Å²) in [5.41, 5.74) is 1.62. The largest absolute Gasteiger partial charge is 0.507 e. The van der Waals surface area contributed by atoms with E-state index in [1.54, 1.807) is 36.7 Å². The lowest BCUT2D eigenvalue weighted by atomic mass is 9.96. The van der Waals surface area contributed by atoms with Crippen molar-refractivity contribution in [1.82, 2.24) is 9.88 Å². The number of carbonyl (C=O) groups is 2. The third-order valence-electron chi connectivity index (χ3n) is 5.29. The van der Waals surface area contributed by atoms with Crippen LogP contribution in [0.1, 0.15) is 22.7 Å². The Morgan fingerprint density at radius 1 is 1.06 bits per heavy atom. The van der Waals surface area contributed by atoms with Gasteiger partial charge in [-0.1, -0.05) is 41.4 Å². The molecule has 1 N–H and O–H groups in total. The maximum absolute atomic E-state index is 13.1. The van der Waals surface area contributed by atoms with Gasteiger partial charge in [0.05, 0.1) is 35.3 Å². The second kappa shape index (κ2) is 9.02. The standard InChI is InChI=1S/C24H18Cl2N2O4/c1-32-19-5-3-2-4-16(19)13-28-21(14-8-10-27-11-9-14)20(23(30)24(28)31)22(29)15-6-7-17(25)18(26)12-15/h2-12,21,29H,13H2,1H3/b22-20-. The maximum Gasteiger partial charge on any atom is 0.295 e.